The zero-order valence-corrected chi connectivity index (χ0v) is 73.8. The van der Waals surface area contributed by atoms with Gasteiger partial charge in [-0.15, -0.1) is 0 Å². The third kappa shape index (κ3) is 33.7. The van der Waals surface area contributed by atoms with E-state index in [0.717, 1.165) is 115 Å². The normalized spacial score (nSPS) is 21.1. The number of cyclic esters (lactones) is 4. The predicted molar refractivity (Wildman–Crippen MR) is 483 cm³/mol. The first-order valence-electron chi connectivity index (χ1n) is 43.1. The van der Waals surface area contributed by atoms with Crippen LogP contribution >= 0.6 is 23.2 Å². The molecule has 4 amide bonds. The Morgan fingerprint density at radius 3 is 0.869 bits per heavy atom. The maximum absolute atomic E-state index is 12.7. The second kappa shape index (κ2) is 55.2. The van der Waals surface area contributed by atoms with E-state index in [4.69, 9.17) is 66.2 Å². The topological polar surface area (TPSA) is 480 Å². The van der Waals surface area contributed by atoms with Crippen molar-refractivity contribution in [2.45, 2.75) is 103 Å². The molecule has 4 fully saturated rings. The summed E-state index contributed by atoms with van der Waals surface area (Å²) >= 11 is 12.6. The molecule has 8 aliphatic rings. The van der Waals surface area contributed by atoms with Crippen LogP contribution in [-0.4, -0.2) is 288 Å². The van der Waals surface area contributed by atoms with Crippen molar-refractivity contribution in [1.82, 2.24) is 35.6 Å². The van der Waals surface area contributed by atoms with E-state index in [1.807, 2.05) is 72.9 Å². The van der Waals surface area contributed by atoms with Crippen LogP contribution in [-0.2, 0) is 87.9 Å². The summed E-state index contributed by atoms with van der Waals surface area (Å²) in [5.41, 5.74) is 2.27. The quantitative estimate of drug-likeness (QED) is 0.0272. The second-order valence-corrected chi connectivity index (χ2v) is 30.9. The minimum absolute atomic E-state index is 0.0261. The number of hydrogen-bond donors (Lipinski definition) is 11. The number of aromatic hydroxyl groups is 8. The number of fused-ring (bicyclic) bond motifs is 4. The molecule has 4 aromatic rings. The first-order valence-corrected chi connectivity index (χ1v) is 43.9. The van der Waals surface area contributed by atoms with Gasteiger partial charge in [-0.3, -0.25) is 19.2 Å². The summed E-state index contributed by atoms with van der Waals surface area (Å²) in [6.45, 7) is 9.89. The highest BCUT2D eigenvalue weighted by atomic mass is 35.5. The smallest absolute Gasteiger partial charge is 0.342 e. The first kappa shape index (κ1) is 101. The van der Waals surface area contributed by atoms with Gasteiger partial charge in [-0.05, 0) is 136 Å². The summed E-state index contributed by atoms with van der Waals surface area (Å²) in [6, 6.07) is 6.95. The number of carbonyl (C=O) groups is 8. The molecule has 0 aliphatic carbocycles. The molecular formula is C92H113Cl2N11O25. The van der Waals surface area contributed by atoms with Gasteiger partial charge in [-0.1, -0.05) is 117 Å². The van der Waals surface area contributed by atoms with Gasteiger partial charge in [0.05, 0.1) is 72.5 Å². The zero-order valence-electron chi connectivity index (χ0n) is 72.3. The van der Waals surface area contributed by atoms with E-state index in [2.05, 4.69) is 36.6 Å². The third-order valence-electron chi connectivity index (χ3n) is 20.5. The Bertz CT molecular complexity index is 4620. The largest absolute Gasteiger partial charge is 0.508 e. The Labute approximate surface area is 762 Å². The number of piperazine rings is 3. The van der Waals surface area contributed by atoms with Gasteiger partial charge in [-0.2, -0.15) is 0 Å². The van der Waals surface area contributed by atoms with Gasteiger partial charge in [-0.25, -0.2) is 19.2 Å². The summed E-state index contributed by atoms with van der Waals surface area (Å²) in [7, 11) is 0. The fraction of sp³-hybridized carbons (Fsp3) is 0.435. The molecular weight excluding hydrogens is 1730 g/mol. The molecule has 36 nitrogen and oxygen atoms in total. The number of halogens is 2. The van der Waals surface area contributed by atoms with E-state index in [1.54, 1.807) is 43.9 Å². The van der Waals surface area contributed by atoms with Crippen LogP contribution in [0.25, 0.3) is 0 Å². The number of phenols is 8. The lowest BCUT2D eigenvalue weighted by molar-refractivity contribution is -0.140. The van der Waals surface area contributed by atoms with Crippen LogP contribution < -0.4 is 16.0 Å². The molecule has 8 heterocycles. The molecule has 38 heteroatoms. The Hall–Kier alpha value is -12.7. The highest BCUT2D eigenvalue weighted by Crippen LogP contribution is 2.40. The molecule has 700 valence electrons. The first-order chi connectivity index (χ1) is 63.0. The monoisotopic (exact) mass is 1840 g/mol. The Kier molecular flexibility index (Phi) is 42.9. The van der Waals surface area contributed by atoms with Crippen LogP contribution in [0.5, 0.6) is 46.0 Å². The number of nitrogens with zero attached hydrogens (tertiary/aromatic N) is 8. The zero-order chi connectivity index (χ0) is 92.8. The van der Waals surface area contributed by atoms with Gasteiger partial charge in [0.1, 0.15) is 68.2 Å². The molecule has 4 saturated heterocycles. The summed E-state index contributed by atoms with van der Waals surface area (Å²) in [4.78, 5) is 128. The molecule has 11 N–H and O–H groups in total. The number of oxime groups is 4. The van der Waals surface area contributed by atoms with Crippen LogP contribution in [0, 0.1) is 0 Å². The number of ether oxygens (including phenoxy) is 5. The lowest BCUT2D eigenvalue weighted by atomic mass is 9.99. The molecule has 4 aromatic carbocycles. The van der Waals surface area contributed by atoms with Crippen LogP contribution in [0.4, 0.5) is 0 Å². The van der Waals surface area contributed by atoms with Gasteiger partial charge in [0, 0.05) is 142 Å². The van der Waals surface area contributed by atoms with Crippen molar-refractivity contribution < 1.29 is 122 Å². The van der Waals surface area contributed by atoms with Gasteiger partial charge >= 0.3 is 23.9 Å². The molecule has 0 aromatic heterocycles. The van der Waals surface area contributed by atoms with E-state index in [0.29, 0.717) is 125 Å². The van der Waals surface area contributed by atoms with E-state index in [1.165, 1.54) is 12.1 Å². The summed E-state index contributed by atoms with van der Waals surface area (Å²) in [5.74, 6) is -6.32. The van der Waals surface area contributed by atoms with Gasteiger partial charge in [0.2, 0.25) is 0 Å². The number of benzene rings is 4. The molecule has 0 saturated carbocycles. The lowest BCUT2D eigenvalue weighted by Crippen LogP contribution is -2.47. The van der Waals surface area contributed by atoms with Crippen molar-refractivity contribution in [1.29, 1.82) is 0 Å². The maximum Gasteiger partial charge on any atom is 0.342 e. The summed E-state index contributed by atoms with van der Waals surface area (Å²) in [6.07, 6.45) is 38.8. The lowest BCUT2D eigenvalue weighted by Gasteiger charge is -2.26. The van der Waals surface area contributed by atoms with Crippen molar-refractivity contribution in [2.75, 3.05) is 158 Å². The van der Waals surface area contributed by atoms with Crippen LogP contribution in [0.1, 0.15) is 141 Å². The average Bonchev–Trinajstić information content (AvgIpc) is 0.746. The number of rotatable bonds is 12. The number of morpholine rings is 1. The SMILES string of the molecule is O=C1OCC/C=C/CC/C=C/C(=N/OCC(=O)N2CCNCC2)Cc2c(Cl)c(O)cc(O)c21.O=C1OCC/C=C/CC/C=C/C(=N/OCC(=O)N2CCNCC2)Cc2cc(O)cc(O)c21.O=C1OCC/C=C/CC/C=C/C(=N\OCC(=O)N2CCNCC2)Cc2c(Cl)c(O)cc(O)c21.O=C1OCC/C=C/CC/C=C/C(=N\OCC(=O)N2CCOCC2)Cc2cc(O)cc(O)c21. The minimum Gasteiger partial charge on any atom is -0.508 e. The standard InChI is InChI=1S/2C23H28ClN3O6.C23H29N3O6.C23H28N2O7/c2*24-22-17-13-16(26-33-15-20(30)27-10-8-25-9-11-27)7-5-3-1-2-4-6-12-32-23(31)21(17)18(28)14-19(22)29;27-19-14-17-13-18(25-32-16-21(29)26-10-8-24-9-11-26)7-5-3-1-2-4-6-12-31-23(30)22(17)20(28)15-19;26-19-14-17-13-18(24-32-16-21(28)25-8-11-30-12-9-25)7-5-3-1-2-4-6-10-31-23(29)22(17)20(27)15-19/h2*2,4-5,7,14,25,28-29H,1,3,6,8-13,15H2;2,4-5,7,14-15,24,27-28H,1,3,6,8-13,16H2;2,4-5,7,14-15,26-27H,1,3,6,8-13,16H2/b4-2+,7-5+,26-16+;4-2+,7-5+,26-16-;4-2+,7-5+,25-18-;4-2+,7-5+,24-18+. The maximum atomic E-state index is 12.7. The number of carbonyl (C=O) groups excluding carboxylic acids is 8. The minimum atomic E-state index is -0.756. The van der Waals surface area contributed by atoms with Gasteiger partial charge in [0.15, 0.2) is 26.4 Å². The summed E-state index contributed by atoms with van der Waals surface area (Å²) < 4.78 is 26.3. The molecule has 8 aliphatic heterocycles. The number of amides is 4. The molecule has 12 rings (SSSR count). The highest BCUT2D eigenvalue weighted by Gasteiger charge is 2.30. The Morgan fingerprint density at radius 2 is 0.569 bits per heavy atom. The van der Waals surface area contributed by atoms with Crippen molar-refractivity contribution in [3.05, 3.63) is 188 Å². The number of phenolic OH excluding ortho intramolecular Hbond substituents is 8. The molecule has 0 bridgehead atoms. The fourth-order valence-corrected chi connectivity index (χ4v) is 14.3. The van der Waals surface area contributed by atoms with E-state index in [-0.39, 0.29) is 180 Å². The molecule has 0 unspecified atom stereocenters. The van der Waals surface area contributed by atoms with E-state index in [9.17, 15) is 79.2 Å². The number of nitrogens with one attached hydrogen (secondary N) is 3. The molecule has 130 heavy (non-hydrogen) atoms. The fourth-order valence-electron chi connectivity index (χ4n) is 13.8. The van der Waals surface area contributed by atoms with E-state index >= 15 is 0 Å². The van der Waals surface area contributed by atoms with Gasteiger partial charge < -0.3 is 119 Å². The van der Waals surface area contributed by atoms with Crippen molar-refractivity contribution in [2.24, 2.45) is 20.6 Å². The average molecular weight is 1840 g/mol. The van der Waals surface area contributed by atoms with Crippen molar-refractivity contribution in [3.8, 4) is 46.0 Å². The molecule has 0 radical (unpaired) electrons. The van der Waals surface area contributed by atoms with Crippen molar-refractivity contribution >= 4 is 93.6 Å². The molecule has 0 atom stereocenters. The van der Waals surface area contributed by atoms with E-state index < -0.39 is 35.4 Å². The van der Waals surface area contributed by atoms with Crippen molar-refractivity contribution in [3.63, 3.8) is 0 Å². The Morgan fingerprint density at radius 1 is 0.315 bits per heavy atom. The Balaban J connectivity index is 0.000000195. The van der Waals surface area contributed by atoms with Crippen LogP contribution in [0.2, 0.25) is 10.0 Å². The number of esters is 4. The predicted octanol–water partition coefficient (Wildman–Crippen LogP) is 9.33. The number of hydrogen-bond acceptors (Lipinski definition) is 32. The van der Waals surface area contributed by atoms with Gasteiger partial charge in [0.25, 0.3) is 23.6 Å². The third-order valence-corrected chi connectivity index (χ3v) is 21.4. The van der Waals surface area contributed by atoms with Crippen LogP contribution in [0.15, 0.2) is 154 Å². The number of allylic oxidation sites excluding steroid dienone is 12. The molecule has 0 spiro atoms. The highest BCUT2D eigenvalue weighted by molar-refractivity contribution is 6.34. The second-order valence-electron chi connectivity index (χ2n) is 30.2. The summed E-state index contributed by atoms with van der Waals surface area (Å²) in [5, 5.41) is 107. The van der Waals surface area contributed by atoms with Crippen LogP contribution in [0.3, 0.4) is 0 Å².